The van der Waals surface area contributed by atoms with Gasteiger partial charge in [0.1, 0.15) is 9.10 Å². The summed E-state index contributed by atoms with van der Waals surface area (Å²) >= 11 is 13.0. The lowest BCUT2D eigenvalue weighted by Gasteiger charge is -2.15. The van der Waals surface area contributed by atoms with E-state index in [0.29, 0.717) is 0 Å². The summed E-state index contributed by atoms with van der Waals surface area (Å²) in [6, 6.07) is 8.10. The molecular weight excluding hydrogens is 481 g/mol. The molecule has 0 aliphatic rings. The topological polar surface area (TPSA) is 114 Å². The predicted molar refractivity (Wildman–Crippen MR) is 113 cm³/mol. The lowest BCUT2D eigenvalue weighted by Crippen LogP contribution is -2.17. The number of hydrogen-bond acceptors (Lipinski definition) is 7. The van der Waals surface area contributed by atoms with Gasteiger partial charge in [-0.2, -0.15) is 0 Å². The molecule has 2 N–H and O–H groups in total. The number of pyridine rings is 1. The van der Waals surface area contributed by atoms with Gasteiger partial charge in [-0.25, -0.2) is 21.8 Å². The minimum absolute atomic E-state index is 0.0382. The third-order valence-corrected chi connectivity index (χ3v) is 8.37. The van der Waals surface area contributed by atoms with Crippen molar-refractivity contribution in [2.75, 3.05) is 16.6 Å². The lowest BCUT2D eigenvalue weighted by atomic mass is 10.3. The molecule has 0 fully saturated rings. The average Bonchev–Trinajstić information content (AvgIpc) is 3.21. The first-order valence-corrected chi connectivity index (χ1v) is 12.3. The molecule has 0 spiro atoms. The summed E-state index contributed by atoms with van der Waals surface area (Å²) in [4.78, 5) is 3.70. The van der Waals surface area contributed by atoms with E-state index in [1.807, 2.05) is 0 Å². The Bertz CT molecular complexity index is 1230. The highest BCUT2D eigenvalue weighted by atomic mass is 35.5. The van der Waals surface area contributed by atoms with Crippen LogP contribution in [0, 0.1) is 0 Å². The van der Waals surface area contributed by atoms with Gasteiger partial charge in [0, 0.05) is 6.07 Å². The van der Waals surface area contributed by atoms with Gasteiger partial charge < -0.3 is 4.74 Å². The number of sulfonamides is 2. The number of anilines is 2. The quantitative estimate of drug-likeness (QED) is 0.512. The summed E-state index contributed by atoms with van der Waals surface area (Å²) < 4.78 is 60.1. The van der Waals surface area contributed by atoms with E-state index >= 15 is 0 Å². The average molecular weight is 494 g/mol. The van der Waals surface area contributed by atoms with Gasteiger partial charge in [0.2, 0.25) is 5.88 Å². The summed E-state index contributed by atoms with van der Waals surface area (Å²) in [5, 5.41) is 1.69. The van der Waals surface area contributed by atoms with E-state index in [9.17, 15) is 16.8 Å². The highest BCUT2D eigenvalue weighted by Gasteiger charge is 2.22. The van der Waals surface area contributed by atoms with E-state index in [2.05, 4.69) is 14.4 Å². The van der Waals surface area contributed by atoms with Crippen LogP contribution < -0.4 is 14.2 Å². The number of nitrogens with one attached hydrogen (secondary N) is 2. The summed E-state index contributed by atoms with van der Waals surface area (Å²) in [7, 11) is -6.65. The molecule has 29 heavy (non-hydrogen) atoms. The molecule has 8 nitrogen and oxygen atoms in total. The van der Waals surface area contributed by atoms with Crippen LogP contribution in [0.3, 0.4) is 0 Å². The van der Waals surface area contributed by atoms with Gasteiger partial charge in [0.25, 0.3) is 20.0 Å². The molecule has 2 heterocycles. The van der Waals surface area contributed by atoms with Crippen molar-refractivity contribution < 1.29 is 21.6 Å². The second-order valence-electron chi connectivity index (χ2n) is 5.49. The minimum atomic E-state index is -4.10. The van der Waals surface area contributed by atoms with Crippen molar-refractivity contribution in [1.29, 1.82) is 0 Å². The molecule has 2 aromatic heterocycles. The number of methoxy groups -OCH3 is 1. The number of nitrogens with zero attached hydrogens (tertiary/aromatic N) is 1. The Morgan fingerprint density at radius 3 is 2.07 bits per heavy atom. The van der Waals surface area contributed by atoms with Gasteiger partial charge in [-0.1, -0.05) is 29.3 Å². The van der Waals surface area contributed by atoms with Crippen LogP contribution in [0.25, 0.3) is 0 Å². The molecule has 154 valence electrons. The fourth-order valence-corrected chi connectivity index (χ4v) is 5.58. The van der Waals surface area contributed by atoms with Gasteiger partial charge in [-0.05, 0) is 29.6 Å². The molecule has 0 aliphatic carbocycles. The van der Waals surface area contributed by atoms with Crippen molar-refractivity contribution in [3.05, 3.63) is 58.0 Å². The Labute approximate surface area is 181 Å². The second kappa shape index (κ2) is 8.36. The normalized spacial score (nSPS) is 11.8. The van der Waals surface area contributed by atoms with E-state index in [1.165, 1.54) is 37.4 Å². The number of rotatable bonds is 7. The number of thiophene rings is 1. The third-order valence-electron chi connectivity index (χ3n) is 3.54. The first kappa shape index (κ1) is 21.7. The van der Waals surface area contributed by atoms with E-state index < -0.39 is 20.0 Å². The largest absolute Gasteiger partial charge is 0.481 e. The molecular formula is C16H13Cl2N3O5S3. The predicted octanol–water partition coefficient (Wildman–Crippen LogP) is 4.06. The highest BCUT2D eigenvalue weighted by molar-refractivity contribution is 7.94. The fraction of sp³-hybridized carbons (Fsp3) is 0.0625. The Kier molecular flexibility index (Phi) is 6.24. The maximum absolute atomic E-state index is 12.7. The Morgan fingerprint density at radius 2 is 1.59 bits per heavy atom. The Morgan fingerprint density at radius 1 is 0.966 bits per heavy atom. The standard InChI is InChI=1S/C16H13Cl2N3O5S3/c1-26-15-5-4-10(9-19-15)28(22,23)20-13-7-11(17)12(18)8-14(13)21-29(24,25)16-3-2-6-27-16/h2-9,20-21H,1H3. The van der Waals surface area contributed by atoms with Gasteiger partial charge in [0.15, 0.2) is 0 Å². The highest BCUT2D eigenvalue weighted by Crippen LogP contribution is 2.35. The van der Waals surface area contributed by atoms with Crippen LogP contribution in [0.4, 0.5) is 11.4 Å². The zero-order valence-electron chi connectivity index (χ0n) is 14.6. The second-order valence-corrected chi connectivity index (χ2v) is 10.8. The van der Waals surface area contributed by atoms with Gasteiger partial charge >= 0.3 is 0 Å². The smallest absolute Gasteiger partial charge is 0.271 e. The number of halogens is 2. The first-order valence-electron chi connectivity index (χ1n) is 7.70. The van der Waals surface area contributed by atoms with Crippen LogP contribution in [0.15, 0.2) is 57.1 Å². The van der Waals surface area contributed by atoms with Crippen molar-refractivity contribution in [3.63, 3.8) is 0 Å². The number of ether oxygens (including phenoxy) is 1. The van der Waals surface area contributed by atoms with Gasteiger partial charge in [0.05, 0.1) is 34.7 Å². The molecule has 0 saturated heterocycles. The fourth-order valence-electron chi connectivity index (χ4n) is 2.18. The van der Waals surface area contributed by atoms with Crippen LogP contribution in [0.2, 0.25) is 10.0 Å². The Hall–Kier alpha value is -2.05. The van der Waals surface area contributed by atoms with Crippen molar-refractivity contribution >= 4 is 66.0 Å². The first-order chi connectivity index (χ1) is 13.6. The molecule has 0 atom stereocenters. The van der Waals surface area contributed by atoms with Crippen LogP contribution in [-0.4, -0.2) is 28.9 Å². The Balaban J connectivity index is 1.99. The number of aromatic nitrogens is 1. The maximum atomic E-state index is 12.7. The summed E-state index contributed by atoms with van der Waals surface area (Å²) in [6.45, 7) is 0. The minimum Gasteiger partial charge on any atom is -0.481 e. The molecule has 13 heteroatoms. The van der Waals surface area contributed by atoms with Crippen molar-refractivity contribution in [2.24, 2.45) is 0 Å². The lowest BCUT2D eigenvalue weighted by molar-refractivity contribution is 0.397. The number of hydrogen-bond donors (Lipinski definition) is 2. The summed E-state index contributed by atoms with van der Waals surface area (Å²) in [5.41, 5.74) is -0.187. The monoisotopic (exact) mass is 493 g/mol. The van der Waals surface area contributed by atoms with E-state index in [0.717, 1.165) is 17.5 Å². The van der Waals surface area contributed by atoms with Crippen LogP contribution in [-0.2, 0) is 20.0 Å². The molecule has 0 unspecified atom stereocenters. The molecule has 0 saturated carbocycles. The molecule has 3 rings (SSSR count). The third kappa shape index (κ3) is 4.93. The zero-order chi connectivity index (χ0) is 21.2. The summed E-state index contributed by atoms with van der Waals surface area (Å²) in [5.74, 6) is 0.239. The molecule has 0 radical (unpaired) electrons. The van der Waals surface area contributed by atoms with Gasteiger partial charge in [-0.15, -0.1) is 11.3 Å². The molecule has 0 aliphatic heterocycles. The molecule has 1 aromatic carbocycles. The van der Waals surface area contributed by atoms with Crippen LogP contribution in [0.1, 0.15) is 0 Å². The zero-order valence-corrected chi connectivity index (χ0v) is 18.5. The molecule has 0 amide bonds. The maximum Gasteiger partial charge on any atom is 0.271 e. The van der Waals surface area contributed by atoms with E-state index in [1.54, 1.807) is 11.4 Å². The van der Waals surface area contributed by atoms with Crippen LogP contribution in [0.5, 0.6) is 5.88 Å². The van der Waals surface area contributed by atoms with Crippen molar-refractivity contribution in [3.8, 4) is 5.88 Å². The molecule has 0 bridgehead atoms. The SMILES string of the molecule is COc1ccc(S(=O)(=O)Nc2cc(Cl)c(Cl)cc2NS(=O)(=O)c2cccs2)cn1. The van der Waals surface area contributed by atoms with Gasteiger partial charge in [-0.3, -0.25) is 9.44 Å². The van der Waals surface area contributed by atoms with E-state index in [4.69, 9.17) is 27.9 Å². The van der Waals surface area contributed by atoms with E-state index in [-0.39, 0.29) is 36.4 Å². The molecule has 3 aromatic rings. The number of benzene rings is 1. The van der Waals surface area contributed by atoms with Crippen LogP contribution >= 0.6 is 34.5 Å². The van der Waals surface area contributed by atoms with Crippen molar-refractivity contribution in [2.45, 2.75) is 9.10 Å². The van der Waals surface area contributed by atoms with Crippen molar-refractivity contribution in [1.82, 2.24) is 4.98 Å². The summed E-state index contributed by atoms with van der Waals surface area (Å²) in [6.07, 6.45) is 1.11.